The van der Waals surface area contributed by atoms with Gasteiger partial charge >= 0.3 is 5.76 Å². The van der Waals surface area contributed by atoms with Crippen molar-refractivity contribution in [3.63, 3.8) is 0 Å². The number of nitrogens with one attached hydrogen (secondary N) is 3. The summed E-state index contributed by atoms with van der Waals surface area (Å²) in [6.07, 6.45) is -0.239. The summed E-state index contributed by atoms with van der Waals surface area (Å²) in [4.78, 5) is 26.4. The van der Waals surface area contributed by atoms with Crippen molar-refractivity contribution < 1.29 is 14.1 Å². The van der Waals surface area contributed by atoms with E-state index in [1.54, 1.807) is 36.4 Å². The number of ether oxygens (including phenoxy) is 1. The highest BCUT2D eigenvalue weighted by Gasteiger charge is 2.27. The Morgan fingerprint density at radius 1 is 1.19 bits per heavy atom. The summed E-state index contributed by atoms with van der Waals surface area (Å²) in [5.41, 5.74) is 1.93. The van der Waals surface area contributed by atoms with Crippen LogP contribution in [0.1, 0.15) is 22.0 Å². The van der Waals surface area contributed by atoms with E-state index in [0.717, 1.165) is 12.1 Å². The van der Waals surface area contributed by atoms with E-state index in [-0.39, 0.29) is 36.2 Å². The number of amides is 1. The molecule has 1 aliphatic heterocycles. The van der Waals surface area contributed by atoms with E-state index in [0.29, 0.717) is 40.9 Å². The molecule has 11 heteroatoms. The van der Waals surface area contributed by atoms with Crippen molar-refractivity contribution in [2.45, 2.75) is 6.10 Å². The Morgan fingerprint density at radius 2 is 2.03 bits per heavy atom. The molecule has 1 aromatic heterocycles. The lowest BCUT2D eigenvalue weighted by atomic mass is 9.95. The van der Waals surface area contributed by atoms with Gasteiger partial charge in [-0.25, -0.2) is 4.79 Å². The normalized spacial score (nSPS) is 18.4. The Hall–Kier alpha value is -2.36. The second-order valence-electron chi connectivity index (χ2n) is 7.16. The van der Waals surface area contributed by atoms with Crippen LogP contribution in [0.2, 0.25) is 10.0 Å². The van der Waals surface area contributed by atoms with E-state index in [1.807, 2.05) is 6.07 Å². The van der Waals surface area contributed by atoms with Crippen LogP contribution >= 0.6 is 35.6 Å². The summed E-state index contributed by atoms with van der Waals surface area (Å²) in [7, 11) is 0. The summed E-state index contributed by atoms with van der Waals surface area (Å²) in [5.74, 6) is -0.650. The van der Waals surface area contributed by atoms with Crippen molar-refractivity contribution in [2.24, 2.45) is 5.92 Å². The first kappa shape index (κ1) is 24.3. The largest absolute Gasteiger partial charge is 0.439 e. The average molecular weight is 500 g/mol. The predicted molar refractivity (Wildman–Crippen MR) is 124 cm³/mol. The molecule has 2 heterocycles. The number of aromatic amines is 1. The maximum atomic E-state index is 12.8. The van der Waals surface area contributed by atoms with Crippen molar-refractivity contribution in [2.75, 3.05) is 26.2 Å². The first-order valence-corrected chi connectivity index (χ1v) is 10.5. The Balaban J connectivity index is 0.00000289. The Labute approximate surface area is 200 Å². The summed E-state index contributed by atoms with van der Waals surface area (Å²) in [5, 5.41) is 10.9. The fraction of sp³-hybridized carbons (Fsp3) is 0.286. The monoisotopic (exact) mass is 498 g/mol. The fourth-order valence-electron chi connectivity index (χ4n) is 3.51. The van der Waals surface area contributed by atoms with Gasteiger partial charge in [0, 0.05) is 36.7 Å². The van der Waals surface area contributed by atoms with Gasteiger partial charge < -0.3 is 15.4 Å². The van der Waals surface area contributed by atoms with E-state index in [4.69, 9.17) is 27.9 Å². The van der Waals surface area contributed by atoms with Crippen LogP contribution in [0.5, 0.6) is 0 Å². The average Bonchev–Trinajstić information content (AvgIpc) is 3.07. The highest BCUT2D eigenvalue weighted by atomic mass is 35.5. The minimum atomic E-state index is -0.654. The van der Waals surface area contributed by atoms with Gasteiger partial charge in [-0.2, -0.15) is 0 Å². The SMILES string of the molecule is Cl.O=C(NC[C@@H]1CNCCO[C@H]1c1ccc(Cl)c(Cl)c1)c1cccc(-c2noc(=O)[nH]2)c1. The minimum Gasteiger partial charge on any atom is -0.372 e. The summed E-state index contributed by atoms with van der Waals surface area (Å²) >= 11 is 12.2. The van der Waals surface area contributed by atoms with Gasteiger partial charge in [0.2, 0.25) is 0 Å². The van der Waals surface area contributed by atoms with Crippen molar-refractivity contribution in [1.82, 2.24) is 20.8 Å². The zero-order valence-corrected chi connectivity index (χ0v) is 19.1. The highest BCUT2D eigenvalue weighted by Crippen LogP contribution is 2.32. The Morgan fingerprint density at radius 3 is 2.78 bits per heavy atom. The molecule has 1 saturated heterocycles. The number of hydrogen-bond donors (Lipinski definition) is 3. The molecular weight excluding hydrogens is 479 g/mol. The van der Waals surface area contributed by atoms with Gasteiger partial charge in [0.15, 0.2) is 5.82 Å². The third kappa shape index (κ3) is 5.70. The van der Waals surface area contributed by atoms with Crippen LogP contribution in [0.15, 0.2) is 51.8 Å². The number of hydrogen-bond acceptors (Lipinski definition) is 6. The van der Waals surface area contributed by atoms with Gasteiger partial charge in [-0.15, -0.1) is 12.4 Å². The maximum Gasteiger partial charge on any atom is 0.439 e. The molecule has 2 aromatic carbocycles. The van der Waals surface area contributed by atoms with Crippen LogP contribution in [0.4, 0.5) is 0 Å². The van der Waals surface area contributed by atoms with Crippen LogP contribution in [0.3, 0.4) is 0 Å². The smallest absolute Gasteiger partial charge is 0.372 e. The van der Waals surface area contributed by atoms with Crippen LogP contribution in [0.25, 0.3) is 11.4 Å². The number of carbonyl (C=O) groups excluding carboxylic acids is 1. The number of nitrogens with zero attached hydrogens (tertiary/aromatic N) is 1. The molecule has 3 aromatic rings. The molecule has 0 saturated carbocycles. The van der Waals surface area contributed by atoms with Crippen molar-refractivity contribution in [3.8, 4) is 11.4 Å². The number of rotatable bonds is 5. The van der Waals surface area contributed by atoms with Crippen molar-refractivity contribution in [3.05, 3.63) is 74.2 Å². The molecule has 8 nitrogen and oxygen atoms in total. The van der Waals surface area contributed by atoms with Crippen molar-refractivity contribution >= 4 is 41.5 Å². The van der Waals surface area contributed by atoms with Crippen molar-refractivity contribution in [1.29, 1.82) is 0 Å². The van der Waals surface area contributed by atoms with E-state index in [9.17, 15) is 9.59 Å². The van der Waals surface area contributed by atoms with Crippen LogP contribution in [-0.4, -0.2) is 42.3 Å². The predicted octanol–water partition coefficient (Wildman–Crippen LogP) is 3.47. The number of H-pyrrole nitrogens is 1. The Kier molecular flexibility index (Phi) is 8.33. The maximum absolute atomic E-state index is 12.8. The molecule has 1 fully saturated rings. The molecule has 0 aliphatic carbocycles. The molecule has 4 rings (SSSR count). The fourth-order valence-corrected chi connectivity index (χ4v) is 3.82. The lowest BCUT2D eigenvalue weighted by molar-refractivity contribution is 0.0306. The molecule has 3 N–H and O–H groups in total. The van der Waals surface area contributed by atoms with Gasteiger partial charge in [-0.3, -0.25) is 14.3 Å². The van der Waals surface area contributed by atoms with Crippen LogP contribution in [0, 0.1) is 5.92 Å². The summed E-state index contributed by atoms with van der Waals surface area (Å²) < 4.78 is 10.6. The molecule has 1 aliphatic rings. The quantitative estimate of drug-likeness (QED) is 0.496. The molecule has 2 atom stereocenters. The number of halogens is 3. The summed E-state index contributed by atoms with van der Waals surface area (Å²) in [6, 6.07) is 12.2. The molecule has 170 valence electrons. The number of aromatic nitrogens is 2. The van der Waals surface area contributed by atoms with Gasteiger partial charge in [0.1, 0.15) is 0 Å². The van der Waals surface area contributed by atoms with Gasteiger partial charge in [-0.1, -0.05) is 46.6 Å². The number of carbonyl (C=O) groups is 1. The topological polar surface area (TPSA) is 109 Å². The van der Waals surface area contributed by atoms with E-state index in [1.165, 1.54) is 0 Å². The number of benzene rings is 2. The molecule has 0 bridgehead atoms. The van der Waals surface area contributed by atoms with Crippen LogP contribution in [-0.2, 0) is 4.74 Å². The lowest BCUT2D eigenvalue weighted by Crippen LogP contribution is -2.36. The Bertz CT molecular complexity index is 1130. The molecule has 0 unspecified atom stereocenters. The third-order valence-corrected chi connectivity index (χ3v) is 5.79. The van der Waals surface area contributed by atoms with Gasteiger partial charge in [0.05, 0.1) is 22.8 Å². The standard InChI is InChI=1S/C21H20Cl2N4O4.ClH/c22-16-5-4-12(9-17(16)23)18-15(10-24-6-7-30-18)11-25-20(28)14-3-1-2-13(8-14)19-26-21(29)31-27-19;/h1-5,8-9,15,18,24H,6-7,10-11H2,(H,25,28)(H,26,27,29);1H/t15-,18-;/m0./s1. The third-order valence-electron chi connectivity index (χ3n) is 5.05. The minimum absolute atomic E-state index is 0. The molecule has 0 spiro atoms. The lowest BCUT2D eigenvalue weighted by Gasteiger charge is -2.25. The van der Waals surface area contributed by atoms with Crippen LogP contribution < -0.4 is 16.4 Å². The summed E-state index contributed by atoms with van der Waals surface area (Å²) in [6.45, 7) is 2.33. The van der Waals surface area contributed by atoms with E-state index < -0.39 is 5.76 Å². The first-order chi connectivity index (χ1) is 15.0. The molecule has 32 heavy (non-hydrogen) atoms. The highest BCUT2D eigenvalue weighted by molar-refractivity contribution is 6.42. The first-order valence-electron chi connectivity index (χ1n) is 9.73. The van der Waals surface area contributed by atoms with Gasteiger partial charge in [-0.05, 0) is 29.8 Å². The second kappa shape index (κ2) is 11.0. The molecule has 1 amide bonds. The van der Waals surface area contributed by atoms with Gasteiger partial charge in [0.25, 0.3) is 5.91 Å². The van der Waals surface area contributed by atoms with E-state index in [2.05, 4.69) is 25.3 Å². The molecule has 0 radical (unpaired) electrons. The van der Waals surface area contributed by atoms with E-state index >= 15 is 0 Å². The zero-order chi connectivity index (χ0) is 21.8. The second-order valence-corrected chi connectivity index (χ2v) is 7.98. The molecular formula is C21H21Cl3N4O4. The zero-order valence-electron chi connectivity index (χ0n) is 16.8.